The number of ether oxygens (including phenoxy) is 4. The van der Waals surface area contributed by atoms with Crippen LogP contribution in [0, 0.1) is 40.5 Å². The van der Waals surface area contributed by atoms with Gasteiger partial charge >= 0.3 is 36.4 Å². The largest absolute Gasteiger partial charge is 0.505 e. The molecule has 424 valence electrons. The molecule has 6 rings (SSSR count). The number of hydrogen-bond donors (Lipinski definition) is 10. The number of hydrogen-bond acceptors (Lipinski definition) is 22. The average Bonchev–Trinajstić information content (AvgIpc) is 3.84. The van der Waals surface area contributed by atoms with E-state index in [1.54, 1.807) is 0 Å². The van der Waals surface area contributed by atoms with Crippen molar-refractivity contribution in [2.45, 2.75) is 43.2 Å². The standard InChI is InChI=1S/C21H21NO7.C20H19NO7.2CH4N2O3.2HNO3.2Y/c23-19(24)10-9-13(11-29-21(26)27)22-20(25)28-12-18-16-7-3-1-5-14(16)15-6-2-4-8-17(15)18;22-18(23)9-12(10-28-20(25)26)21-19(24)27-11-17-15-7-3-1-5-13(15)14-6-2-4-8-16(14)17;2*2-1-6-3(4)5;2*2-1(3)4;;/h1-8,13,18H,9-12H2,(H,22,25)(H,23,24)(H,26,27);1-8,12,17H,9-11H2,(H,21,24)(H,22,23)(H,25,26);2*1-2H2;2*(H,2,3,4);;. The number of benzene rings is 4. The van der Waals surface area contributed by atoms with Crippen LogP contribution in [0.3, 0.4) is 0 Å². The van der Waals surface area contributed by atoms with Gasteiger partial charge in [0.2, 0.25) is 0 Å². The van der Waals surface area contributed by atoms with Crippen molar-refractivity contribution in [1.29, 1.82) is 0 Å². The van der Waals surface area contributed by atoms with E-state index in [4.69, 9.17) is 80.8 Å². The summed E-state index contributed by atoms with van der Waals surface area (Å²) in [5.41, 5.74) is 17.7. The Morgan fingerprint density at radius 2 is 0.797 bits per heavy atom. The summed E-state index contributed by atoms with van der Waals surface area (Å²) in [5.74, 6) is -2.50. The molecule has 0 heterocycles. The minimum Gasteiger partial charge on any atom is -0.481 e. The Morgan fingerprint density at radius 3 is 1.05 bits per heavy atom. The van der Waals surface area contributed by atoms with Gasteiger partial charge in [0, 0.05) is 83.7 Å². The normalized spacial score (nSPS) is 11.2. The van der Waals surface area contributed by atoms with Gasteiger partial charge in [0.1, 0.15) is 39.9 Å². The SMILES string of the molecule is NCO[N+](=O)[O-].NCO[N+](=O)[O-].O=C(O)CC(COC(=O)O)NC(=O)OCC1c2ccccc2-c2ccccc21.O=C(O)CCC(COC(=O)O)NC(=O)OCC1c2ccccc2-c2ccccc21.O=[N+]([O-])O.O=[N+]([O-])O.[Y].[Y]. The fourth-order valence-electron chi connectivity index (χ4n) is 6.94. The topological polar surface area (TPSA) is 528 Å². The van der Waals surface area contributed by atoms with Crippen LogP contribution in [0.2, 0.25) is 0 Å². The van der Waals surface area contributed by atoms with Crippen LogP contribution in [0.5, 0.6) is 0 Å². The van der Waals surface area contributed by atoms with E-state index in [1.807, 2.05) is 97.1 Å². The van der Waals surface area contributed by atoms with Crippen molar-refractivity contribution in [2.75, 3.05) is 39.9 Å². The maximum absolute atomic E-state index is 12.2. The first kappa shape index (κ1) is 72.9. The molecule has 2 aliphatic rings. The molecule has 2 radical (unpaired) electrons. The summed E-state index contributed by atoms with van der Waals surface area (Å²) in [6, 6.07) is 29.7. The molecular formula is C43H50N8O26Y2. The molecule has 0 spiro atoms. The second-order valence-electron chi connectivity index (χ2n) is 14.5. The molecule has 0 saturated carbocycles. The summed E-state index contributed by atoms with van der Waals surface area (Å²) < 4.78 is 19.5. The monoisotopic (exact) mass is 1270 g/mol. The van der Waals surface area contributed by atoms with Gasteiger partial charge < -0.3 is 71.9 Å². The number of carboxylic acid groups (broad SMARTS) is 4. The van der Waals surface area contributed by atoms with E-state index in [-0.39, 0.29) is 123 Å². The van der Waals surface area contributed by atoms with E-state index in [2.05, 4.69) is 41.2 Å². The van der Waals surface area contributed by atoms with Crippen LogP contribution in [0.15, 0.2) is 97.1 Å². The third-order valence-electron chi connectivity index (χ3n) is 9.63. The molecule has 0 saturated heterocycles. The number of nitrogens with one attached hydrogen (secondary N) is 2. The summed E-state index contributed by atoms with van der Waals surface area (Å²) in [6.07, 6.45) is -5.34. The van der Waals surface area contributed by atoms with Gasteiger partial charge in [-0.2, -0.15) is 0 Å². The molecule has 4 aromatic carbocycles. The molecule has 12 N–H and O–H groups in total. The zero-order valence-electron chi connectivity index (χ0n) is 40.9. The molecule has 2 amide bonds. The van der Waals surface area contributed by atoms with E-state index in [0.29, 0.717) is 0 Å². The maximum Gasteiger partial charge on any atom is 0.505 e. The molecule has 79 heavy (non-hydrogen) atoms. The Morgan fingerprint density at radius 1 is 0.506 bits per heavy atom. The van der Waals surface area contributed by atoms with Crippen LogP contribution < -0.4 is 22.1 Å². The second kappa shape index (κ2) is 40.1. The number of alkyl carbamates (subject to hydrolysis) is 2. The molecule has 2 atom stereocenters. The summed E-state index contributed by atoms with van der Waals surface area (Å²) in [4.78, 5) is 109. The molecule has 0 bridgehead atoms. The van der Waals surface area contributed by atoms with Crippen molar-refractivity contribution in [3.63, 3.8) is 0 Å². The summed E-state index contributed by atoms with van der Waals surface area (Å²) in [5, 5.41) is 83.3. The quantitative estimate of drug-likeness (QED) is 0.0208. The first-order chi connectivity index (χ1) is 36.4. The number of nitrogens with zero attached hydrogens (tertiary/aromatic N) is 4. The Labute approximate surface area is 494 Å². The van der Waals surface area contributed by atoms with Gasteiger partial charge in [-0.25, -0.2) is 19.2 Å². The number of fused-ring (bicyclic) bond motifs is 6. The third kappa shape index (κ3) is 30.4. The van der Waals surface area contributed by atoms with E-state index < -0.39 is 81.9 Å². The minimum absolute atomic E-state index is 0. The number of carbonyl (C=O) groups excluding carboxylic acids is 2. The van der Waals surface area contributed by atoms with Gasteiger partial charge in [-0.15, -0.1) is 40.5 Å². The van der Waals surface area contributed by atoms with Gasteiger partial charge in [0.15, 0.2) is 0 Å². The molecule has 4 aromatic rings. The second-order valence-corrected chi connectivity index (χ2v) is 14.5. The van der Waals surface area contributed by atoms with Gasteiger partial charge in [0.25, 0.3) is 20.3 Å². The molecule has 34 nitrogen and oxygen atoms in total. The van der Waals surface area contributed by atoms with Gasteiger partial charge in [0.05, 0.1) is 18.5 Å². The number of aliphatic carboxylic acids is 2. The van der Waals surface area contributed by atoms with Crippen LogP contribution in [-0.2, 0) is 104 Å². The van der Waals surface area contributed by atoms with Crippen molar-refractivity contribution in [1.82, 2.24) is 10.6 Å². The van der Waals surface area contributed by atoms with E-state index >= 15 is 0 Å². The summed E-state index contributed by atoms with van der Waals surface area (Å²) in [7, 11) is 0. The van der Waals surface area contributed by atoms with Crippen LogP contribution >= 0.6 is 0 Å². The first-order valence-electron chi connectivity index (χ1n) is 21.4. The molecule has 36 heteroatoms. The Bertz CT molecular complexity index is 2490. The number of carbonyl (C=O) groups is 6. The zero-order valence-corrected chi connectivity index (χ0v) is 46.5. The predicted molar refractivity (Wildman–Crippen MR) is 253 cm³/mol. The molecule has 0 fully saturated rings. The number of nitrogens with two attached hydrogens (primary N) is 2. The van der Waals surface area contributed by atoms with E-state index in [0.717, 1.165) is 44.5 Å². The summed E-state index contributed by atoms with van der Waals surface area (Å²) in [6.45, 7) is -1.40. The molecule has 2 aliphatic carbocycles. The number of amides is 2. The zero-order chi connectivity index (χ0) is 58.0. The van der Waals surface area contributed by atoms with Crippen LogP contribution in [0.1, 0.15) is 53.4 Å². The van der Waals surface area contributed by atoms with Gasteiger partial charge in [-0.3, -0.25) is 19.3 Å². The van der Waals surface area contributed by atoms with Crippen LogP contribution in [0.4, 0.5) is 19.2 Å². The number of rotatable bonds is 19. The first-order valence-corrected chi connectivity index (χ1v) is 21.4. The van der Waals surface area contributed by atoms with Crippen LogP contribution in [-0.4, -0.2) is 140 Å². The molecule has 0 aromatic heterocycles. The number of carboxylic acids is 2. The third-order valence-corrected chi connectivity index (χ3v) is 9.63. The Balaban J connectivity index is 0. The van der Waals surface area contributed by atoms with Crippen molar-refractivity contribution >= 4 is 36.4 Å². The van der Waals surface area contributed by atoms with Crippen molar-refractivity contribution in [3.8, 4) is 22.3 Å². The van der Waals surface area contributed by atoms with E-state index in [1.165, 1.54) is 0 Å². The predicted octanol–water partition coefficient (Wildman–Crippen LogP) is 4.04. The smallest absolute Gasteiger partial charge is 0.481 e. The minimum atomic E-state index is -1.55. The van der Waals surface area contributed by atoms with Gasteiger partial charge in [-0.1, -0.05) is 97.1 Å². The van der Waals surface area contributed by atoms with Crippen LogP contribution in [0.25, 0.3) is 22.3 Å². The van der Waals surface area contributed by atoms with Crippen molar-refractivity contribution < 1.29 is 174 Å². The Hall–Kier alpha value is -8.17. The van der Waals surface area contributed by atoms with Gasteiger partial charge in [-0.05, 0) is 50.9 Å². The fourth-order valence-corrected chi connectivity index (χ4v) is 6.94. The molecule has 2 unspecified atom stereocenters. The van der Waals surface area contributed by atoms with E-state index in [9.17, 15) is 28.8 Å². The Kier molecular flexibility index (Phi) is 37.0. The van der Waals surface area contributed by atoms with Crippen molar-refractivity contribution in [2.24, 2.45) is 11.5 Å². The molecule has 0 aliphatic heterocycles. The average molecular weight is 1270 g/mol. The van der Waals surface area contributed by atoms with Crippen molar-refractivity contribution in [3.05, 3.63) is 160 Å². The fraction of sp³-hybridized carbons (Fsp3) is 0.302. The molecular weight excluding hydrogens is 1220 g/mol. The summed E-state index contributed by atoms with van der Waals surface area (Å²) >= 11 is 0. The maximum atomic E-state index is 12.2.